The van der Waals surface area contributed by atoms with Crippen LogP contribution in [0.4, 0.5) is 0 Å². The van der Waals surface area contributed by atoms with Crippen molar-refractivity contribution in [3.05, 3.63) is 71.8 Å². The van der Waals surface area contributed by atoms with E-state index in [4.69, 9.17) is 9.47 Å². The summed E-state index contributed by atoms with van der Waals surface area (Å²) in [5.74, 6) is 1.49. The molecule has 1 heterocycles. The number of rotatable bonds is 6. The molecule has 0 N–H and O–H groups in total. The third-order valence-electron chi connectivity index (χ3n) is 6.23. The van der Waals surface area contributed by atoms with E-state index in [1.807, 2.05) is 70.5 Å². The number of carbonyl (C=O) groups excluding carboxylic acids is 2. The van der Waals surface area contributed by atoms with Crippen LogP contribution in [0, 0.1) is 0 Å². The summed E-state index contributed by atoms with van der Waals surface area (Å²) in [6, 6.07) is 19.5. The van der Waals surface area contributed by atoms with Crippen molar-refractivity contribution in [2.45, 2.75) is 19.3 Å². The average Bonchev–Trinajstić information content (AvgIpc) is 3.12. The van der Waals surface area contributed by atoms with Crippen LogP contribution >= 0.6 is 0 Å². The van der Waals surface area contributed by atoms with E-state index in [1.54, 1.807) is 14.2 Å². The summed E-state index contributed by atoms with van der Waals surface area (Å²) in [5.41, 5.74) is 1.75. The van der Waals surface area contributed by atoms with Crippen molar-refractivity contribution in [1.82, 2.24) is 9.80 Å². The standard InChI is InChI=1S/C27H30N2O4/c1-32-24-13-11-20(19-25(24)33-2)12-14-26(30)28-15-6-16-29(18-17-28)27(31)23-10-5-8-21-7-3-4-9-22(21)23/h3-5,7-11,13,19H,6,12,14-18H2,1-2H3. The molecule has 0 aliphatic carbocycles. The lowest BCUT2D eigenvalue weighted by Gasteiger charge is -2.23. The minimum absolute atomic E-state index is 0.0337. The number of ether oxygens (including phenoxy) is 2. The summed E-state index contributed by atoms with van der Waals surface area (Å²) in [6.07, 6.45) is 1.83. The minimum atomic E-state index is 0.0337. The van der Waals surface area contributed by atoms with E-state index in [0.717, 1.165) is 28.3 Å². The van der Waals surface area contributed by atoms with Gasteiger partial charge < -0.3 is 19.3 Å². The number of carbonyl (C=O) groups is 2. The van der Waals surface area contributed by atoms with Gasteiger partial charge in [0.05, 0.1) is 14.2 Å². The Hall–Kier alpha value is -3.54. The molecule has 3 aromatic rings. The molecule has 0 bridgehead atoms. The predicted molar refractivity (Wildman–Crippen MR) is 129 cm³/mol. The first-order chi connectivity index (χ1) is 16.1. The molecule has 172 valence electrons. The fraction of sp³-hybridized carbons (Fsp3) is 0.333. The highest BCUT2D eigenvalue weighted by molar-refractivity contribution is 6.07. The van der Waals surface area contributed by atoms with E-state index in [-0.39, 0.29) is 11.8 Å². The first-order valence-corrected chi connectivity index (χ1v) is 11.4. The Kier molecular flexibility index (Phi) is 7.13. The Morgan fingerprint density at radius 1 is 0.818 bits per heavy atom. The van der Waals surface area contributed by atoms with Gasteiger partial charge in [0.2, 0.25) is 5.91 Å². The molecule has 0 saturated carbocycles. The van der Waals surface area contributed by atoms with Crippen LogP contribution in [0.25, 0.3) is 10.8 Å². The third kappa shape index (κ3) is 5.11. The highest BCUT2D eigenvalue weighted by atomic mass is 16.5. The monoisotopic (exact) mass is 446 g/mol. The second-order valence-corrected chi connectivity index (χ2v) is 8.24. The Bertz CT molecular complexity index is 1140. The van der Waals surface area contributed by atoms with E-state index >= 15 is 0 Å². The molecule has 2 amide bonds. The number of methoxy groups -OCH3 is 2. The topological polar surface area (TPSA) is 59.1 Å². The van der Waals surface area contributed by atoms with Crippen molar-refractivity contribution in [3.8, 4) is 11.5 Å². The lowest BCUT2D eigenvalue weighted by Crippen LogP contribution is -2.37. The fourth-order valence-corrected chi connectivity index (χ4v) is 4.40. The Balaban J connectivity index is 1.36. The molecule has 0 unspecified atom stereocenters. The highest BCUT2D eigenvalue weighted by Crippen LogP contribution is 2.28. The van der Waals surface area contributed by atoms with Gasteiger partial charge in [-0.05, 0) is 47.4 Å². The summed E-state index contributed by atoms with van der Waals surface area (Å²) in [7, 11) is 3.21. The van der Waals surface area contributed by atoms with Gasteiger partial charge in [-0.25, -0.2) is 0 Å². The van der Waals surface area contributed by atoms with Crippen molar-refractivity contribution in [3.63, 3.8) is 0 Å². The number of amides is 2. The second kappa shape index (κ2) is 10.4. The zero-order chi connectivity index (χ0) is 23.2. The highest BCUT2D eigenvalue weighted by Gasteiger charge is 2.23. The van der Waals surface area contributed by atoms with E-state index in [9.17, 15) is 9.59 Å². The first kappa shape index (κ1) is 22.6. The van der Waals surface area contributed by atoms with Gasteiger partial charge in [-0.2, -0.15) is 0 Å². The minimum Gasteiger partial charge on any atom is -0.493 e. The molecule has 6 nitrogen and oxygen atoms in total. The zero-order valence-corrected chi connectivity index (χ0v) is 19.3. The maximum Gasteiger partial charge on any atom is 0.254 e. The Labute approximate surface area is 194 Å². The number of fused-ring (bicyclic) bond motifs is 1. The van der Waals surface area contributed by atoms with Crippen molar-refractivity contribution in [2.24, 2.45) is 0 Å². The molecule has 1 aliphatic rings. The molecular formula is C27H30N2O4. The van der Waals surface area contributed by atoms with Gasteiger partial charge in [-0.3, -0.25) is 9.59 Å². The number of nitrogens with zero attached hydrogens (tertiary/aromatic N) is 2. The molecule has 0 radical (unpaired) electrons. The van der Waals surface area contributed by atoms with Crippen LogP contribution in [0.15, 0.2) is 60.7 Å². The van der Waals surface area contributed by atoms with Gasteiger partial charge in [-0.15, -0.1) is 0 Å². The van der Waals surface area contributed by atoms with E-state index in [0.29, 0.717) is 50.5 Å². The number of hydrogen-bond acceptors (Lipinski definition) is 4. The normalized spacial score (nSPS) is 14.1. The Morgan fingerprint density at radius 3 is 2.36 bits per heavy atom. The summed E-state index contributed by atoms with van der Waals surface area (Å²) in [5, 5.41) is 2.03. The molecule has 4 rings (SSSR count). The molecule has 0 aromatic heterocycles. The van der Waals surface area contributed by atoms with Gasteiger partial charge in [0, 0.05) is 38.2 Å². The average molecular weight is 447 g/mol. The van der Waals surface area contributed by atoms with Crippen LogP contribution < -0.4 is 9.47 Å². The largest absolute Gasteiger partial charge is 0.493 e. The number of hydrogen-bond donors (Lipinski definition) is 0. The van der Waals surface area contributed by atoms with Crippen molar-refractivity contribution in [2.75, 3.05) is 40.4 Å². The summed E-state index contributed by atoms with van der Waals surface area (Å²) < 4.78 is 10.6. The smallest absolute Gasteiger partial charge is 0.254 e. The van der Waals surface area contributed by atoms with E-state index in [2.05, 4.69) is 0 Å². The van der Waals surface area contributed by atoms with Gasteiger partial charge >= 0.3 is 0 Å². The fourth-order valence-electron chi connectivity index (χ4n) is 4.40. The van der Waals surface area contributed by atoms with Crippen molar-refractivity contribution in [1.29, 1.82) is 0 Å². The van der Waals surface area contributed by atoms with Crippen LogP contribution in [0.1, 0.15) is 28.8 Å². The van der Waals surface area contributed by atoms with E-state index < -0.39 is 0 Å². The maximum atomic E-state index is 13.3. The summed E-state index contributed by atoms with van der Waals surface area (Å²) in [6.45, 7) is 2.43. The lowest BCUT2D eigenvalue weighted by atomic mass is 10.0. The number of benzene rings is 3. The molecule has 6 heteroatoms. The molecule has 0 spiro atoms. The molecule has 1 fully saturated rings. The van der Waals surface area contributed by atoms with Crippen molar-refractivity contribution >= 4 is 22.6 Å². The third-order valence-corrected chi connectivity index (χ3v) is 6.23. The van der Waals surface area contributed by atoms with Crippen LogP contribution in [0.3, 0.4) is 0 Å². The van der Waals surface area contributed by atoms with Crippen LogP contribution in [0.5, 0.6) is 11.5 Å². The molecule has 1 saturated heterocycles. The number of aryl methyl sites for hydroxylation is 1. The lowest BCUT2D eigenvalue weighted by molar-refractivity contribution is -0.131. The predicted octanol–water partition coefficient (Wildman–Crippen LogP) is 4.16. The molecule has 3 aromatic carbocycles. The van der Waals surface area contributed by atoms with Crippen LogP contribution in [0.2, 0.25) is 0 Å². The molecule has 0 atom stereocenters. The van der Waals surface area contributed by atoms with E-state index in [1.165, 1.54) is 0 Å². The van der Waals surface area contributed by atoms with Crippen LogP contribution in [-0.2, 0) is 11.2 Å². The molecule has 1 aliphatic heterocycles. The van der Waals surface area contributed by atoms with Gasteiger partial charge in [0.25, 0.3) is 5.91 Å². The van der Waals surface area contributed by atoms with Crippen molar-refractivity contribution < 1.29 is 19.1 Å². The van der Waals surface area contributed by atoms with Gasteiger partial charge in [-0.1, -0.05) is 42.5 Å². The zero-order valence-electron chi connectivity index (χ0n) is 19.3. The van der Waals surface area contributed by atoms with Gasteiger partial charge in [0.15, 0.2) is 11.5 Å². The quantitative estimate of drug-likeness (QED) is 0.570. The Morgan fingerprint density at radius 2 is 1.55 bits per heavy atom. The molecular weight excluding hydrogens is 416 g/mol. The maximum absolute atomic E-state index is 13.3. The summed E-state index contributed by atoms with van der Waals surface area (Å²) >= 11 is 0. The SMILES string of the molecule is COc1ccc(CCC(=O)N2CCCN(C(=O)c3cccc4ccccc34)CC2)cc1OC. The summed E-state index contributed by atoms with van der Waals surface area (Å²) in [4.78, 5) is 29.9. The molecule has 33 heavy (non-hydrogen) atoms. The van der Waals surface area contributed by atoms with Gasteiger partial charge in [0.1, 0.15) is 0 Å². The first-order valence-electron chi connectivity index (χ1n) is 11.4. The van der Waals surface area contributed by atoms with Crippen LogP contribution in [-0.4, -0.2) is 62.0 Å². The second-order valence-electron chi connectivity index (χ2n) is 8.24.